The first-order valence-corrected chi connectivity index (χ1v) is 7.17. The quantitative estimate of drug-likeness (QED) is 0.245. The summed E-state index contributed by atoms with van der Waals surface area (Å²) in [5, 5.41) is 14.1. The van der Waals surface area contributed by atoms with E-state index in [-0.39, 0.29) is 23.7 Å². The van der Waals surface area contributed by atoms with Gasteiger partial charge in [0.05, 0.1) is 10.5 Å². The van der Waals surface area contributed by atoms with E-state index in [2.05, 4.69) is 5.16 Å². The van der Waals surface area contributed by atoms with Gasteiger partial charge in [0.15, 0.2) is 12.4 Å². The minimum Gasteiger partial charge on any atom is -0.484 e. The Morgan fingerprint density at radius 2 is 1.58 bits per heavy atom. The molecule has 26 heavy (non-hydrogen) atoms. The van der Waals surface area contributed by atoms with E-state index in [4.69, 9.17) is 21.0 Å². The first-order valence-electron chi connectivity index (χ1n) is 7.17. The number of nitro benzene ring substituents is 1. The molecule has 4 N–H and O–H groups in total. The number of rotatable bonds is 7. The van der Waals surface area contributed by atoms with Crippen LogP contribution in [-0.4, -0.2) is 29.2 Å². The van der Waals surface area contributed by atoms with Crippen molar-refractivity contribution in [2.75, 3.05) is 6.61 Å². The van der Waals surface area contributed by atoms with E-state index in [0.29, 0.717) is 11.3 Å². The fourth-order valence-corrected chi connectivity index (χ4v) is 1.79. The van der Waals surface area contributed by atoms with E-state index >= 15 is 0 Å². The molecular weight excluding hydrogens is 344 g/mol. The van der Waals surface area contributed by atoms with Gasteiger partial charge in [-0.1, -0.05) is 5.16 Å². The minimum atomic E-state index is -0.816. The van der Waals surface area contributed by atoms with Gasteiger partial charge in [-0.05, 0) is 36.4 Å². The molecule has 0 heterocycles. The molecular formula is C16H14N4O6. The van der Waals surface area contributed by atoms with Gasteiger partial charge in [-0.3, -0.25) is 14.9 Å². The van der Waals surface area contributed by atoms with Gasteiger partial charge in [-0.15, -0.1) is 0 Å². The molecule has 2 aromatic carbocycles. The molecule has 0 fully saturated rings. The molecule has 134 valence electrons. The smallest absolute Gasteiger partial charge is 0.365 e. The maximum Gasteiger partial charge on any atom is 0.365 e. The second-order valence-electron chi connectivity index (χ2n) is 4.94. The number of non-ortho nitro benzene ring substituents is 1. The summed E-state index contributed by atoms with van der Waals surface area (Å²) >= 11 is 0. The van der Waals surface area contributed by atoms with Crippen molar-refractivity contribution in [2.24, 2.45) is 16.6 Å². The molecule has 0 unspecified atom stereocenters. The maximum absolute atomic E-state index is 11.8. The molecule has 0 atom stereocenters. The summed E-state index contributed by atoms with van der Waals surface area (Å²) in [6.07, 6.45) is 0. The van der Waals surface area contributed by atoms with Crippen molar-refractivity contribution >= 4 is 23.4 Å². The van der Waals surface area contributed by atoms with Crippen LogP contribution >= 0.6 is 0 Å². The van der Waals surface area contributed by atoms with E-state index in [9.17, 15) is 19.7 Å². The highest BCUT2D eigenvalue weighted by Gasteiger charge is 2.11. The molecule has 1 amide bonds. The van der Waals surface area contributed by atoms with Gasteiger partial charge < -0.3 is 21.0 Å². The summed E-state index contributed by atoms with van der Waals surface area (Å²) in [6, 6.07) is 11.0. The van der Waals surface area contributed by atoms with E-state index in [1.807, 2.05) is 0 Å². The Morgan fingerprint density at radius 3 is 2.12 bits per heavy atom. The van der Waals surface area contributed by atoms with Crippen molar-refractivity contribution in [3.8, 4) is 5.75 Å². The number of primary amides is 1. The predicted octanol–water partition coefficient (Wildman–Crippen LogP) is 0.936. The van der Waals surface area contributed by atoms with Crippen LogP contribution in [0.1, 0.15) is 15.9 Å². The number of amides is 1. The highest BCUT2D eigenvalue weighted by atomic mass is 16.7. The van der Waals surface area contributed by atoms with Gasteiger partial charge in [0, 0.05) is 17.7 Å². The molecule has 0 radical (unpaired) electrons. The number of oxime groups is 1. The largest absolute Gasteiger partial charge is 0.484 e. The van der Waals surface area contributed by atoms with Crippen molar-refractivity contribution in [1.82, 2.24) is 0 Å². The highest BCUT2D eigenvalue weighted by Crippen LogP contribution is 2.14. The van der Waals surface area contributed by atoms with E-state index < -0.39 is 16.8 Å². The zero-order valence-electron chi connectivity index (χ0n) is 13.3. The molecule has 2 rings (SSSR count). The van der Waals surface area contributed by atoms with Crippen LogP contribution in [0.4, 0.5) is 5.69 Å². The average Bonchev–Trinajstić information content (AvgIpc) is 2.64. The Hall–Kier alpha value is -3.95. The Morgan fingerprint density at radius 1 is 1.00 bits per heavy atom. The van der Waals surface area contributed by atoms with E-state index in [0.717, 1.165) is 0 Å². The lowest BCUT2D eigenvalue weighted by Crippen LogP contribution is -2.20. The van der Waals surface area contributed by atoms with Crippen LogP contribution in [0.2, 0.25) is 0 Å². The summed E-state index contributed by atoms with van der Waals surface area (Å²) in [5.41, 5.74) is 11.1. The zero-order valence-corrected chi connectivity index (χ0v) is 13.3. The molecule has 0 aliphatic carbocycles. The fourth-order valence-electron chi connectivity index (χ4n) is 1.79. The number of nitrogens with zero attached hydrogens (tertiary/aromatic N) is 2. The van der Waals surface area contributed by atoms with Crippen LogP contribution in [-0.2, 0) is 9.63 Å². The third kappa shape index (κ3) is 5.03. The molecule has 10 nitrogen and oxygen atoms in total. The average molecular weight is 358 g/mol. The number of nitrogens with two attached hydrogens (primary N) is 2. The molecule has 0 saturated carbocycles. The van der Waals surface area contributed by atoms with Gasteiger partial charge in [0.25, 0.3) is 11.6 Å². The molecule has 10 heteroatoms. The van der Waals surface area contributed by atoms with Crippen LogP contribution in [0, 0.1) is 10.1 Å². The zero-order chi connectivity index (χ0) is 19.1. The van der Waals surface area contributed by atoms with Gasteiger partial charge in [0.2, 0.25) is 0 Å². The van der Waals surface area contributed by atoms with Crippen LogP contribution in [0.15, 0.2) is 53.7 Å². The number of carbonyl (C=O) groups is 2. The van der Waals surface area contributed by atoms with Crippen molar-refractivity contribution < 1.29 is 24.1 Å². The Labute approximate surface area is 147 Å². The first kappa shape index (κ1) is 18.4. The molecule has 0 saturated heterocycles. The minimum absolute atomic E-state index is 0.0679. The number of carbonyl (C=O) groups excluding carboxylic acids is 2. The number of hydrogen-bond acceptors (Lipinski definition) is 7. The predicted molar refractivity (Wildman–Crippen MR) is 90.4 cm³/mol. The number of benzene rings is 2. The third-order valence-corrected chi connectivity index (χ3v) is 3.07. The molecule has 0 bridgehead atoms. The molecule has 0 aliphatic heterocycles. The lowest BCUT2D eigenvalue weighted by molar-refractivity contribution is -0.384. The number of amidine groups is 1. The van der Waals surface area contributed by atoms with Gasteiger partial charge in [-0.25, -0.2) is 4.79 Å². The van der Waals surface area contributed by atoms with Crippen molar-refractivity contribution in [3.05, 3.63) is 69.8 Å². The maximum atomic E-state index is 11.8. The first-order chi connectivity index (χ1) is 12.4. The standard InChI is InChI=1S/C16H14N4O6/c17-14(21)9-25-13-7-3-10(4-8-13)15(18)19-26-16(22)11-1-5-12(6-2-11)20(23)24/h1-8H,9H2,(H2,17,21)(H2,18,19). The summed E-state index contributed by atoms with van der Waals surface area (Å²) in [7, 11) is 0. The lowest BCUT2D eigenvalue weighted by atomic mass is 10.2. The number of nitro groups is 1. The van der Waals surface area contributed by atoms with E-state index in [1.54, 1.807) is 24.3 Å². The number of ether oxygens (including phenoxy) is 1. The van der Waals surface area contributed by atoms with Gasteiger partial charge in [0.1, 0.15) is 5.75 Å². The highest BCUT2D eigenvalue weighted by molar-refractivity contribution is 5.98. The Bertz CT molecular complexity index is 846. The second kappa shape index (κ2) is 8.24. The Kier molecular flexibility index (Phi) is 5.83. The summed E-state index contributed by atoms with van der Waals surface area (Å²) < 4.78 is 5.10. The van der Waals surface area contributed by atoms with Crippen LogP contribution in [0.25, 0.3) is 0 Å². The third-order valence-electron chi connectivity index (χ3n) is 3.07. The molecule has 0 aliphatic rings. The number of hydrogen-bond donors (Lipinski definition) is 2. The van der Waals surface area contributed by atoms with Crippen molar-refractivity contribution in [1.29, 1.82) is 0 Å². The van der Waals surface area contributed by atoms with Crippen molar-refractivity contribution in [3.63, 3.8) is 0 Å². The molecule has 0 aromatic heterocycles. The fraction of sp³-hybridized carbons (Fsp3) is 0.0625. The van der Waals surface area contributed by atoms with E-state index in [1.165, 1.54) is 24.3 Å². The van der Waals surface area contributed by atoms with Crippen LogP contribution in [0.5, 0.6) is 5.75 Å². The van der Waals surface area contributed by atoms with Gasteiger partial charge in [-0.2, -0.15) is 0 Å². The monoisotopic (exact) mass is 358 g/mol. The summed E-state index contributed by atoms with van der Waals surface area (Å²) in [6.45, 7) is -0.254. The van der Waals surface area contributed by atoms with Crippen LogP contribution in [0.3, 0.4) is 0 Å². The SMILES string of the molecule is NC(=O)COc1ccc(/C(N)=N/OC(=O)c2ccc([N+](=O)[O-])cc2)cc1. The second-order valence-corrected chi connectivity index (χ2v) is 4.94. The molecule has 2 aromatic rings. The topological polar surface area (TPSA) is 160 Å². The Balaban J connectivity index is 1.99. The molecule has 0 spiro atoms. The van der Waals surface area contributed by atoms with Gasteiger partial charge >= 0.3 is 5.97 Å². The summed E-state index contributed by atoms with van der Waals surface area (Å²) in [5.74, 6) is -1.08. The lowest BCUT2D eigenvalue weighted by Gasteiger charge is -2.05. The summed E-state index contributed by atoms with van der Waals surface area (Å²) in [4.78, 5) is 37.2. The normalized spacial score (nSPS) is 10.8. The van der Waals surface area contributed by atoms with Crippen LogP contribution < -0.4 is 16.2 Å². The van der Waals surface area contributed by atoms with Crippen molar-refractivity contribution in [2.45, 2.75) is 0 Å².